The van der Waals surface area contributed by atoms with E-state index in [0.717, 1.165) is 11.1 Å². The molecule has 1 atom stereocenters. The van der Waals surface area contributed by atoms with E-state index in [4.69, 9.17) is 4.74 Å². The summed E-state index contributed by atoms with van der Waals surface area (Å²) in [5.41, 5.74) is 2.83. The normalized spacial score (nSPS) is 16.0. The Labute approximate surface area is 163 Å². The molecule has 0 aliphatic carbocycles. The zero-order chi connectivity index (χ0) is 20.6. The van der Waals surface area contributed by atoms with Crippen LogP contribution in [-0.4, -0.2) is 29.3 Å². The average Bonchev–Trinajstić information content (AvgIpc) is 2.65. The Morgan fingerprint density at radius 3 is 2.50 bits per heavy atom. The lowest BCUT2D eigenvalue weighted by atomic mass is 10.0. The highest BCUT2D eigenvalue weighted by molar-refractivity contribution is 6.08. The van der Waals surface area contributed by atoms with Gasteiger partial charge in [0.25, 0.3) is 11.6 Å². The van der Waals surface area contributed by atoms with Gasteiger partial charge in [0.2, 0.25) is 0 Å². The van der Waals surface area contributed by atoms with Gasteiger partial charge in [0.05, 0.1) is 23.2 Å². The van der Waals surface area contributed by atoms with E-state index in [0.29, 0.717) is 11.3 Å². The molecule has 146 valence electrons. The number of aryl methyl sites for hydroxylation is 2. The Kier molecular flexibility index (Phi) is 5.18. The largest absolute Gasteiger partial charge is 0.478 e. The highest BCUT2D eigenvalue weighted by Gasteiger charge is 2.38. The number of nitro benzene ring substituents is 1. The number of carbonyl (C=O) groups is 2. The average molecular weight is 382 g/mol. The topological polar surface area (TPSA) is 89.8 Å². The molecule has 0 radical (unpaired) electrons. The molecule has 0 spiro atoms. The predicted octanol–water partition coefficient (Wildman–Crippen LogP) is 3.84. The number of anilines is 1. The van der Waals surface area contributed by atoms with E-state index in [9.17, 15) is 19.7 Å². The maximum atomic E-state index is 13.0. The van der Waals surface area contributed by atoms with Gasteiger partial charge in [-0.1, -0.05) is 26.0 Å². The summed E-state index contributed by atoms with van der Waals surface area (Å²) in [6.45, 7) is 7.39. The molecule has 7 heteroatoms. The first kappa shape index (κ1) is 19.5. The smallest absolute Gasteiger partial charge is 0.273 e. The number of nitro groups is 1. The first-order valence-electron chi connectivity index (χ1n) is 9.06. The second kappa shape index (κ2) is 7.42. The Bertz CT molecular complexity index is 967. The molecule has 28 heavy (non-hydrogen) atoms. The van der Waals surface area contributed by atoms with Crippen LogP contribution in [0.25, 0.3) is 0 Å². The fraction of sp³-hybridized carbons (Fsp3) is 0.333. The van der Waals surface area contributed by atoms with E-state index in [1.165, 1.54) is 23.1 Å². The summed E-state index contributed by atoms with van der Waals surface area (Å²) in [6.07, 6.45) is -0.804. The van der Waals surface area contributed by atoms with E-state index in [1.54, 1.807) is 12.1 Å². The molecule has 0 N–H and O–H groups in total. The van der Waals surface area contributed by atoms with Crippen LogP contribution in [0.5, 0.6) is 5.75 Å². The second-order valence-corrected chi connectivity index (χ2v) is 7.34. The summed E-state index contributed by atoms with van der Waals surface area (Å²) in [4.78, 5) is 37.7. The molecule has 1 aliphatic rings. The molecule has 3 rings (SSSR count). The van der Waals surface area contributed by atoms with Crippen LogP contribution in [0, 0.1) is 29.9 Å². The van der Waals surface area contributed by atoms with Gasteiger partial charge in [-0.25, -0.2) is 0 Å². The third-order valence-corrected chi connectivity index (χ3v) is 4.94. The molecule has 7 nitrogen and oxygen atoms in total. The van der Waals surface area contributed by atoms with Crippen molar-refractivity contribution in [3.63, 3.8) is 0 Å². The summed E-state index contributed by atoms with van der Waals surface area (Å²) >= 11 is 0. The first-order chi connectivity index (χ1) is 13.2. The van der Waals surface area contributed by atoms with Gasteiger partial charge in [0.15, 0.2) is 17.6 Å². The number of amides is 1. The van der Waals surface area contributed by atoms with Crippen LogP contribution in [-0.2, 0) is 4.79 Å². The zero-order valence-electron chi connectivity index (χ0n) is 16.3. The van der Waals surface area contributed by atoms with Crippen LogP contribution in [0.3, 0.4) is 0 Å². The standard InChI is InChI=1S/C21H22N2O5/c1-12(2)20-21(25)22(11-18(24)15-6-5-13(3)14(4)9-15)17-8-7-16(23(26)27)10-19(17)28-20/h5-10,12,20H,11H2,1-4H3. The lowest BCUT2D eigenvalue weighted by Crippen LogP contribution is -2.50. The SMILES string of the molecule is Cc1ccc(C(=O)CN2C(=O)C(C(C)C)Oc3cc([N+](=O)[O-])ccc32)cc1C. The third kappa shape index (κ3) is 3.60. The van der Waals surface area contributed by atoms with Gasteiger partial charge in [-0.2, -0.15) is 0 Å². The first-order valence-corrected chi connectivity index (χ1v) is 9.06. The molecule has 1 heterocycles. The minimum atomic E-state index is -0.804. The Morgan fingerprint density at radius 1 is 1.18 bits per heavy atom. The van der Waals surface area contributed by atoms with Gasteiger partial charge in [-0.15, -0.1) is 0 Å². The maximum Gasteiger partial charge on any atom is 0.273 e. The van der Waals surface area contributed by atoms with Gasteiger partial charge in [0, 0.05) is 11.6 Å². The van der Waals surface area contributed by atoms with E-state index < -0.39 is 11.0 Å². The summed E-state index contributed by atoms with van der Waals surface area (Å²) < 4.78 is 5.74. The Morgan fingerprint density at radius 2 is 1.89 bits per heavy atom. The van der Waals surface area contributed by atoms with Crippen LogP contribution in [0.4, 0.5) is 11.4 Å². The van der Waals surface area contributed by atoms with Gasteiger partial charge in [-0.05, 0) is 43.0 Å². The number of ether oxygens (including phenoxy) is 1. The van der Waals surface area contributed by atoms with Gasteiger partial charge in [0.1, 0.15) is 0 Å². The molecular formula is C21H22N2O5. The van der Waals surface area contributed by atoms with Crippen LogP contribution >= 0.6 is 0 Å². The molecule has 2 aromatic rings. The molecule has 0 aromatic heterocycles. The molecule has 0 fully saturated rings. The number of non-ortho nitro benzene ring substituents is 1. The lowest BCUT2D eigenvalue weighted by Gasteiger charge is -2.35. The van der Waals surface area contributed by atoms with E-state index in [-0.39, 0.29) is 35.6 Å². The van der Waals surface area contributed by atoms with Crippen molar-refractivity contribution >= 4 is 23.1 Å². The van der Waals surface area contributed by atoms with E-state index in [2.05, 4.69) is 0 Å². The summed E-state index contributed by atoms with van der Waals surface area (Å²) in [5.74, 6) is -0.446. The Balaban J connectivity index is 1.98. The van der Waals surface area contributed by atoms with Crippen LogP contribution in [0.2, 0.25) is 0 Å². The number of hydrogen-bond donors (Lipinski definition) is 0. The summed E-state index contributed by atoms with van der Waals surface area (Å²) in [6, 6.07) is 9.47. The van der Waals surface area contributed by atoms with Crippen molar-refractivity contribution in [2.45, 2.75) is 33.8 Å². The fourth-order valence-electron chi connectivity index (χ4n) is 3.13. The van der Waals surface area contributed by atoms with Crippen molar-refractivity contribution in [2.24, 2.45) is 5.92 Å². The quantitative estimate of drug-likeness (QED) is 0.445. The lowest BCUT2D eigenvalue weighted by molar-refractivity contribution is -0.384. The van der Waals surface area contributed by atoms with Crippen molar-refractivity contribution < 1.29 is 19.2 Å². The highest BCUT2D eigenvalue weighted by Crippen LogP contribution is 2.38. The van der Waals surface area contributed by atoms with Gasteiger partial charge < -0.3 is 4.74 Å². The number of benzene rings is 2. The van der Waals surface area contributed by atoms with Gasteiger partial charge in [-0.3, -0.25) is 24.6 Å². The predicted molar refractivity (Wildman–Crippen MR) is 105 cm³/mol. The number of ketones is 1. The van der Waals surface area contributed by atoms with Crippen molar-refractivity contribution in [3.05, 3.63) is 63.2 Å². The molecule has 0 saturated heterocycles. The minimum absolute atomic E-state index is 0.129. The highest BCUT2D eigenvalue weighted by atomic mass is 16.6. The molecule has 0 bridgehead atoms. The molecular weight excluding hydrogens is 360 g/mol. The number of nitrogens with zero attached hydrogens (tertiary/aromatic N) is 2. The minimum Gasteiger partial charge on any atom is -0.478 e. The Hall–Kier alpha value is -3.22. The van der Waals surface area contributed by atoms with E-state index >= 15 is 0 Å². The zero-order valence-corrected chi connectivity index (χ0v) is 16.3. The van der Waals surface area contributed by atoms with Crippen LogP contribution in [0.15, 0.2) is 36.4 Å². The maximum absolute atomic E-state index is 13.0. The summed E-state index contributed by atoms with van der Waals surface area (Å²) in [5, 5.41) is 11.1. The second-order valence-electron chi connectivity index (χ2n) is 7.34. The molecule has 1 unspecified atom stereocenters. The molecule has 1 amide bonds. The van der Waals surface area contributed by atoms with Gasteiger partial charge >= 0.3 is 0 Å². The van der Waals surface area contributed by atoms with Crippen LogP contribution in [0.1, 0.15) is 35.3 Å². The number of fused-ring (bicyclic) bond motifs is 1. The van der Waals surface area contributed by atoms with Crippen molar-refractivity contribution in [1.29, 1.82) is 0 Å². The number of rotatable bonds is 5. The van der Waals surface area contributed by atoms with Crippen molar-refractivity contribution in [3.8, 4) is 5.75 Å². The third-order valence-electron chi connectivity index (χ3n) is 4.94. The molecule has 0 saturated carbocycles. The number of carbonyl (C=O) groups excluding carboxylic acids is 2. The van der Waals surface area contributed by atoms with E-state index in [1.807, 2.05) is 33.8 Å². The number of hydrogen-bond acceptors (Lipinski definition) is 5. The van der Waals surface area contributed by atoms with Crippen molar-refractivity contribution in [2.75, 3.05) is 11.4 Å². The fourth-order valence-corrected chi connectivity index (χ4v) is 3.13. The molecule has 2 aromatic carbocycles. The monoisotopic (exact) mass is 382 g/mol. The van der Waals surface area contributed by atoms with Crippen molar-refractivity contribution in [1.82, 2.24) is 0 Å². The number of Topliss-reactive ketones (excluding diaryl/α,β-unsaturated/α-hetero) is 1. The summed E-state index contributed by atoms with van der Waals surface area (Å²) in [7, 11) is 0. The molecule has 1 aliphatic heterocycles. The van der Waals surface area contributed by atoms with Crippen LogP contribution < -0.4 is 9.64 Å².